The van der Waals surface area contributed by atoms with E-state index in [1.807, 2.05) is 20.0 Å². The van der Waals surface area contributed by atoms with Gasteiger partial charge in [-0.25, -0.2) is 4.98 Å². The standard InChI is InChI=1S/C18H23N3OS.C2H6/c1-13-5-3-4-6-17(13)15-7-9-21(10-8-15)12-16-11-19-18(23-16)20-14(2)22;1-2/h3-6,11,15H,7-10,12H2,1-2H3,(H,19,20,22);1-2H3. The molecular formula is C20H29N3OS. The van der Waals surface area contributed by atoms with E-state index in [-0.39, 0.29) is 5.91 Å². The van der Waals surface area contributed by atoms with Crippen molar-refractivity contribution in [2.75, 3.05) is 18.4 Å². The number of nitrogens with one attached hydrogen (secondary N) is 1. The zero-order valence-electron chi connectivity index (χ0n) is 15.7. The molecule has 1 aliphatic rings. The minimum absolute atomic E-state index is 0.0649. The molecule has 0 bridgehead atoms. The maximum Gasteiger partial charge on any atom is 0.223 e. The lowest BCUT2D eigenvalue weighted by Crippen LogP contribution is -2.32. The van der Waals surface area contributed by atoms with Crippen molar-refractivity contribution in [2.45, 2.75) is 53.0 Å². The summed E-state index contributed by atoms with van der Waals surface area (Å²) in [7, 11) is 0. The lowest BCUT2D eigenvalue weighted by molar-refractivity contribution is -0.114. The van der Waals surface area contributed by atoms with Gasteiger partial charge >= 0.3 is 0 Å². The average molecular weight is 360 g/mol. The number of carbonyl (C=O) groups excluding carboxylic acids is 1. The first-order valence-corrected chi connectivity index (χ1v) is 9.93. The first kappa shape index (κ1) is 19.6. The van der Waals surface area contributed by atoms with Crippen molar-refractivity contribution >= 4 is 22.4 Å². The smallest absolute Gasteiger partial charge is 0.223 e. The van der Waals surface area contributed by atoms with E-state index >= 15 is 0 Å². The van der Waals surface area contributed by atoms with Gasteiger partial charge in [0.1, 0.15) is 0 Å². The Morgan fingerprint density at radius 3 is 2.60 bits per heavy atom. The van der Waals surface area contributed by atoms with Gasteiger partial charge in [-0.3, -0.25) is 9.69 Å². The van der Waals surface area contributed by atoms with Gasteiger partial charge < -0.3 is 5.32 Å². The third kappa shape index (κ3) is 5.65. The first-order valence-electron chi connectivity index (χ1n) is 9.12. The Bertz CT molecular complexity index is 675. The number of hydrogen-bond acceptors (Lipinski definition) is 4. The van der Waals surface area contributed by atoms with Gasteiger partial charge in [0.25, 0.3) is 0 Å². The third-order valence-electron chi connectivity index (χ3n) is 4.43. The molecule has 2 heterocycles. The SMILES string of the molecule is CC.CC(=O)Nc1ncc(CN2CCC(c3ccccc3C)CC2)s1. The van der Waals surface area contributed by atoms with Crippen LogP contribution in [-0.2, 0) is 11.3 Å². The fraction of sp³-hybridized carbons (Fsp3) is 0.500. The zero-order valence-corrected chi connectivity index (χ0v) is 16.5. The molecule has 0 saturated carbocycles. The van der Waals surface area contributed by atoms with Crippen molar-refractivity contribution in [1.29, 1.82) is 0 Å². The molecule has 25 heavy (non-hydrogen) atoms. The molecule has 0 aliphatic carbocycles. The van der Waals surface area contributed by atoms with Gasteiger partial charge in [-0.1, -0.05) is 38.1 Å². The van der Waals surface area contributed by atoms with E-state index in [0.717, 1.165) is 19.6 Å². The maximum atomic E-state index is 11.1. The highest BCUT2D eigenvalue weighted by Crippen LogP contribution is 2.31. The molecule has 1 amide bonds. The molecule has 0 atom stereocenters. The number of hydrogen-bond donors (Lipinski definition) is 1. The van der Waals surface area contributed by atoms with E-state index in [9.17, 15) is 4.79 Å². The molecule has 1 fully saturated rings. The summed E-state index contributed by atoms with van der Waals surface area (Å²) in [5.74, 6) is 0.619. The Labute approximate surface area is 155 Å². The Morgan fingerprint density at radius 1 is 1.28 bits per heavy atom. The average Bonchev–Trinajstić information content (AvgIpc) is 3.04. The van der Waals surface area contributed by atoms with Crippen LogP contribution in [0.3, 0.4) is 0 Å². The highest BCUT2D eigenvalue weighted by molar-refractivity contribution is 7.15. The molecule has 3 rings (SSSR count). The number of aromatic nitrogens is 1. The maximum absolute atomic E-state index is 11.1. The minimum Gasteiger partial charge on any atom is -0.302 e. The van der Waals surface area contributed by atoms with Crippen LogP contribution in [0.25, 0.3) is 0 Å². The lowest BCUT2D eigenvalue weighted by Gasteiger charge is -2.32. The molecule has 0 unspecified atom stereocenters. The largest absolute Gasteiger partial charge is 0.302 e. The molecule has 1 aromatic heterocycles. The van der Waals surface area contributed by atoms with Gasteiger partial charge in [0.05, 0.1) is 0 Å². The van der Waals surface area contributed by atoms with Gasteiger partial charge in [0.15, 0.2) is 5.13 Å². The van der Waals surface area contributed by atoms with Gasteiger partial charge in [-0.2, -0.15) is 0 Å². The highest BCUT2D eigenvalue weighted by Gasteiger charge is 2.22. The van der Waals surface area contributed by atoms with E-state index in [2.05, 4.69) is 46.4 Å². The summed E-state index contributed by atoms with van der Waals surface area (Å²) in [6.07, 6.45) is 4.30. The second-order valence-electron chi connectivity index (χ2n) is 6.22. The predicted octanol–water partition coefficient (Wildman–Crippen LogP) is 4.82. The molecule has 1 saturated heterocycles. The first-order chi connectivity index (χ1) is 12.1. The van der Waals surface area contributed by atoms with Crippen LogP contribution in [0.4, 0.5) is 5.13 Å². The monoisotopic (exact) mass is 359 g/mol. The van der Waals surface area contributed by atoms with Crippen LogP contribution in [0.15, 0.2) is 30.5 Å². The summed E-state index contributed by atoms with van der Waals surface area (Å²) in [5, 5.41) is 3.44. The van der Waals surface area contributed by atoms with Gasteiger partial charge in [0.2, 0.25) is 5.91 Å². The van der Waals surface area contributed by atoms with E-state index in [0.29, 0.717) is 11.0 Å². The van der Waals surface area contributed by atoms with Crippen LogP contribution in [-0.4, -0.2) is 28.9 Å². The number of rotatable bonds is 4. The number of benzene rings is 1. The second kappa shape index (κ2) is 9.68. The fourth-order valence-electron chi connectivity index (χ4n) is 3.26. The van der Waals surface area contributed by atoms with Gasteiger partial charge in [-0.15, -0.1) is 11.3 Å². The summed E-state index contributed by atoms with van der Waals surface area (Å²) in [6, 6.07) is 8.75. The van der Waals surface area contributed by atoms with E-state index in [1.54, 1.807) is 11.3 Å². The highest BCUT2D eigenvalue weighted by atomic mass is 32.1. The van der Waals surface area contributed by atoms with Crippen LogP contribution in [0, 0.1) is 6.92 Å². The van der Waals surface area contributed by atoms with Gasteiger partial charge in [0, 0.05) is 24.5 Å². The molecule has 136 valence electrons. The van der Waals surface area contributed by atoms with E-state index in [4.69, 9.17) is 0 Å². The van der Waals surface area contributed by atoms with Crippen LogP contribution in [0.5, 0.6) is 0 Å². The summed E-state index contributed by atoms with van der Waals surface area (Å²) < 4.78 is 0. The molecule has 0 spiro atoms. The molecular weight excluding hydrogens is 330 g/mol. The normalized spacial score (nSPS) is 15.4. The van der Waals surface area contributed by atoms with E-state index < -0.39 is 0 Å². The summed E-state index contributed by atoms with van der Waals surface area (Å²) in [5.41, 5.74) is 2.92. The molecule has 1 aliphatic heterocycles. The quantitative estimate of drug-likeness (QED) is 0.851. The van der Waals surface area contributed by atoms with Crippen LogP contribution in [0.1, 0.15) is 55.5 Å². The Kier molecular flexibility index (Phi) is 7.59. The van der Waals surface area contributed by atoms with Crippen molar-refractivity contribution in [3.63, 3.8) is 0 Å². The van der Waals surface area contributed by atoms with Crippen molar-refractivity contribution in [3.8, 4) is 0 Å². The lowest BCUT2D eigenvalue weighted by atomic mass is 9.87. The van der Waals surface area contributed by atoms with Gasteiger partial charge in [-0.05, 0) is 49.9 Å². The van der Waals surface area contributed by atoms with Crippen molar-refractivity contribution in [2.24, 2.45) is 0 Å². The molecule has 5 heteroatoms. The molecule has 4 nitrogen and oxygen atoms in total. The number of aryl methyl sites for hydroxylation is 1. The van der Waals surface area contributed by atoms with Crippen LogP contribution < -0.4 is 5.32 Å². The molecule has 1 N–H and O–H groups in total. The van der Waals surface area contributed by atoms with Crippen LogP contribution in [0.2, 0.25) is 0 Å². The Morgan fingerprint density at radius 2 is 1.96 bits per heavy atom. The Hall–Kier alpha value is -1.72. The number of thiazole rings is 1. The number of anilines is 1. The van der Waals surface area contributed by atoms with Crippen molar-refractivity contribution < 1.29 is 4.79 Å². The van der Waals surface area contributed by atoms with E-state index in [1.165, 1.54) is 35.8 Å². The minimum atomic E-state index is -0.0649. The number of carbonyl (C=O) groups is 1. The molecule has 0 radical (unpaired) electrons. The number of amides is 1. The predicted molar refractivity (Wildman–Crippen MR) is 106 cm³/mol. The topological polar surface area (TPSA) is 45.2 Å². The number of nitrogens with zero attached hydrogens (tertiary/aromatic N) is 2. The molecule has 1 aromatic carbocycles. The van der Waals surface area contributed by atoms with Crippen molar-refractivity contribution in [1.82, 2.24) is 9.88 Å². The number of likely N-dealkylation sites (tertiary alicyclic amines) is 1. The third-order valence-corrected chi connectivity index (χ3v) is 5.33. The van der Waals surface area contributed by atoms with Crippen molar-refractivity contribution in [3.05, 3.63) is 46.5 Å². The fourth-order valence-corrected chi connectivity index (χ4v) is 4.16. The zero-order chi connectivity index (χ0) is 18.2. The summed E-state index contributed by atoms with van der Waals surface area (Å²) in [6.45, 7) is 10.9. The molecule has 2 aromatic rings. The van der Waals surface area contributed by atoms with Crippen LogP contribution >= 0.6 is 11.3 Å². The second-order valence-corrected chi connectivity index (χ2v) is 7.34. The summed E-state index contributed by atoms with van der Waals surface area (Å²) >= 11 is 1.57. The number of piperidine rings is 1. The summed E-state index contributed by atoms with van der Waals surface area (Å²) in [4.78, 5) is 19.0. The Balaban J connectivity index is 0.00000109.